The third-order valence-electron chi connectivity index (χ3n) is 4.23. The number of benzene rings is 1. The molecule has 2 aliphatic heterocycles. The fourth-order valence-corrected chi connectivity index (χ4v) is 3.17. The van der Waals surface area contributed by atoms with Crippen molar-refractivity contribution < 1.29 is 0 Å². The molecule has 0 atom stereocenters. The molecule has 1 aromatic rings. The van der Waals surface area contributed by atoms with E-state index in [2.05, 4.69) is 29.0 Å². The van der Waals surface area contributed by atoms with Gasteiger partial charge in [0.05, 0.1) is 0 Å². The summed E-state index contributed by atoms with van der Waals surface area (Å²) in [4.78, 5) is 5.01. The third kappa shape index (κ3) is 1.89. The summed E-state index contributed by atoms with van der Waals surface area (Å²) in [5, 5.41) is 0. The molecule has 0 amide bonds. The van der Waals surface area contributed by atoms with Crippen LogP contribution in [0.5, 0.6) is 0 Å². The van der Waals surface area contributed by atoms with E-state index in [-0.39, 0.29) is 0 Å². The van der Waals surface area contributed by atoms with Gasteiger partial charge in [0.25, 0.3) is 0 Å². The summed E-state index contributed by atoms with van der Waals surface area (Å²) in [5.41, 5.74) is 9.78. The number of anilines is 2. The van der Waals surface area contributed by atoms with Crippen LogP contribution in [0.3, 0.4) is 0 Å². The van der Waals surface area contributed by atoms with E-state index in [0.29, 0.717) is 6.04 Å². The average Bonchev–Trinajstić information content (AvgIpc) is 2.75. The molecule has 0 radical (unpaired) electrons. The first-order chi connectivity index (χ1) is 8.25. The van der Waals surface area contributed by atoms with E-state index in [1.807, 2.05) is 6.07 Å². The van der Waals surface area contributed by atoms with Crippen LogP contribution >= 0.6 is 0 Å². The number of hydrogen-bond donors (Lipinski definition) is 1. The van der Waals surface area contributed by atoms with Gasteiger partial charge in [0, 0.05) is 29.5 Å². The monoisotopic (exact) mass is 231 g/mol. The molecule has 0 aromatic heterocycles. The lowest BCUT2D eigenvalue weighted by molar-refractivity contribution is 0.251. The lowest BCUT2D eigenvalue weighted by Gasteiger charge is -2.36. The Hall–Kier alpha value is -1.22. The van der Waals surface area contributed by atoms with Crippen LogP contribution in [0.1, 0.15) is 18.4 Å². The highest BCUT2D eigenvalue weighted by atomic mass is 15.2. The van der Waals surface area contributed by atoms with E-state index >= 15 is 0 Å². The van der Waals surface area contributed by atoms with E-state index in [0.717, 1.165) is 18.7 Å². The van der Waals surface area contributed by atoms with Crippen molar-refractivity contribution in [3.8, 4) is 0 Å². The molecule has 2 N–H and O–H groups in total. The maximum atomic E-state index is 6.05. The Bertz CT molecular complexity index is 408. The molecule has 2 heterocycles. The second-order valence-electron chi connectivity index (χ2n) is 5.32. The molecule has 0 unspecified atom stereocenters. The molecule has 3 nitrogen and oxygen atoms in total. The SMILES string of the molecule is CN1CCC(N2CCc3c(N)cccc32)CC1. The number of rotatable bonds is 1. The zero-order valence-corrected chi connectivity index (χ0v) is 10.5. The molecule has 17 heavy (non-hydrogen) atoms. The quantitative estimate of drug-likeness (QED) is 0.747. The zero-order chi connectivity index (χ0) is 11.8. The molecule has 1 fully saturated rings. The van der Waals surface area contributed by atoms with Gasteiger partial charge in [-0.2, -0.15) is 0 Å². The number of hydrogen-bond acceptors (Lipinski definition) is 3. The Morgan fingerprint density at radius 3 is 2.71 bits per heavy atom. The van der Waals surface area contributed by atoms with Gasteiger partial charge in [-0.3, -0.25) is 0 Å². The van der Waals surface area contributed by atoms with Crippen molar-refractivity contribution in [3.05, 3.63) is 23.8 Å². The standard InChI is InChI=1S/C14H21N3/c1-16-8-5-11(6-9-16)17-10-7-12-13(15)3-2-4-14(12)17/h2-4,11H,5-10,15H2,1H3. The van der Waals surface area contributed by atoms with Crippen LogP contribution in [-0.4, -0.2) is 37.6 Å². The molecular formula is C14H21N3. The van der Waals surface area contributed by atoms with Gasteiger partial charge >= 0.3 is 0 Å². The maximum Gasteiger partial charge on any atom is 0.0422 e. The number of piperidine rings is 1. The predicted molar refractivity (Wildman–Crippen MR) is 72.4 cm³/mol. The fraction of sp³-hybridized carbons (Fsp3) is 0.571. The van der Waals surface area contributed by atoms with Crippen molar-refractivity contribution in [2.45, 2.75) is 25.3 Å². The van der Waals surface area contributed by atoms with Crippen molar-refractivity contribution in [1.29, 1.82) is 0 Å². The molecule has 0 saturated carbocycles. The first-order valence-electron chi connectivity index (χ1n) is 6.58. The van der Waals surface area contributed by atoms with Gasteiger partial charge in [-0.25, -0.2) is 0 Å². The van der Waals surface area contributed by atoms with Gasteiger partial charge in [0.1, 0.15) is 0 Å². The van der Waals surface area contributed by atoms with Gasteiger partial charge in [-0.15, -0.1) is 0 Å². The first-order valence-corrected chi connectivity index (χ1v) is 6.58. The molecule has 2 aliphatic rings. The molecule has 0 spiro atoms. The molecule has 0 bridgehead atoms. The smallest absolute Gasteiger partial charge is 0.0422 e. The summed E-state index contributed by atoms with van der Waals surface area (Å²) in [6.45, 7) is 3.59. The Kier molecular flexibility index (Phi) is 2.71. The average molecular weight is 231 g/mol. The minimum absolute atomic E-state index is 0.717. The number of nitrogen functional groups attached to an aromatic ring is 1. The van der Waals surface area contributed by atoms with Crippen LogP contribution in [-0.2, 0) is 6.42 Å². The molecule has 3 heteroatoms. The lowest BCUT2D eigenvalue weighted by atomic mass is 10.0. The van der Waals surface area contributed by atoms with Gasteiger partial charge in [0.2, 0.25) is 0 Å². The lowest BCUT2D eigenvalue weighted by Crippen LogP contribution is -2.43. The highest BCUT2D eigenvalue weighted by molar-refractivity contribution is 5.68. The Labute approximate surface area is 103 Å². The Balaban J connectivity index is 1.82. The normalized spacial score (nSPS) is 21.8. The van der Waals surface area contributed by atoms with Crippen molar-refractivity contribution in [1.82, 2.24) is 4.90 Å². The second kappa shape index (κ2) is 4.22. The largest absolute Gasteiger partial charge is 0.398 e. The Morgan fingerprint density at radius 2 is 1.94 bits per heavy atom. The minimum atomic E-state index is 0.717. The van der Waals surface area contributed by atoms with E-state index in [9.17, 15) is 0 Å². The van der Waals surface area contributed by atoms with Crippen molar-refractivity contribution in [2.24, 2.45) is 0 Å². The van der Waals surface area contributed by atoms with Gasteiger partial charge in [-0.1, -0.05) is 6.07 Å². The minimum Gasteiger partial charge on any atom is -0.398 e. The second-order valence-corrected chi connectivity index (χ2v) is 5.32. The number of fused-ring (bicyclic) bond motifs is 1. The highest BCUT2D eigenvalue weighted by Crippen LogP contribution is 2.35. The van der Waals surface area contributed by atoms with E-state index in [1.165, 1.54) is 37.2 Å². The van der Waals surface area contributed by atoms with Crippen LogP contribution in [0.25, 0.3) is 0 Å². The van der Waals surface area contributed by atoms with E-state index < -0.39 is 0 Å². The molecular weight excluding hydrogens is 210 g/mol. The van der Waals surface area contributed by atoms with Gasteiger partial charge in [-0.05, 0) is 51.5 Å². The van der Waals surface area contributed by atoms with Crippen LogP contribution in [0.15, 0.2) is 18.2 Å². The summed E-state index contributed by atoms with van der Waals surface area (Å²) < 4.78 is 0. The maximum absolute atomic E-state index is 6.05. The fourth-order valence-electron chi connectivity index (χ4n) is 3.17. The summed E-state index contributed by atoms with van der Waals surface area (Å²) in [6, 6.07) is 7.06. The Morgan fingerprint density at radius 1 is 1.18 bits per heavy atom. The molecule has 3 rings (SSSR count). The van der Waals surface area contributed by atoms with Gasteiger partial charge in [0.15, 0.2) is 0 Å². The summed E-state index contributed by atoms with van der Waals surface area (Å²) in [7, 11) is 2.21. The van der Waals surface area contributed by atoms with Crippen LogP contribution in [0.2, 0.25) is 0 Å². The van der Waals surface area contributed by atoms with Gasteiger partial charge < -0.3 is 15.5 Å². The van der Waals surface area contributed by atoms with Crippen LogP contribution < -0.4 is 10.6 Å². The van der Waals surface area contributed by atoms with E-state index in [1.54, 1.807) is 0 Å². The van der Waals surface area contributed by atoms with Crippen molar-refractivity contribution >= 4 is 11.4 Å². The summed E-state index contributed by atoms with van der Waals surface area (Å²) in [6.07, 6.45) is 3.68. The summed E-state index contributed by atoms with van der Waals surface area (Å²) in [5.74, 6) is 0. The molecule has 92 valence electrons. The number of nitrogens with two attached hydrogens (primary N) is 1. The van der Waals surface area contributed by atoms with Crippen LogP contribution in [0.4, 0.5) is 11.4 Å². The molecule has 0 aliphatic carbocycles. The predicted octanol–water partition coefficient (Wildman–Crippen LogP) is 1.73. The topological polar surface area (TPSA) is 32.5 Å². The third-order valence-corrected chi connectivity index (χ3v) is 4.23. The zero-order valence-electron chi connectivity index (χ0n) is 10.5. The van der Waals surface area contributed by atoms with Crippen LogP contribution in [0, 0.1) is 0 Å². The highest BCUT2D eigenvalue weighted by Gasteiger charge is 2.28. The first kappa shape index (κ1) is 10.9. The van der Waals surface area contributed by atoms with E-state index in [4.69, 9.17) is 5.73 Å². The molecule has 1 aromatic carbocycles. The van der Waals surface area contributed by atoms with Crippen molar-refractivity contribution in [2.75, 3.05) is 37.3 Å². The number of likely N-dealkylation sites (tertiary alicyclic amines) is 1. The van der Waals surface area contributed by atoms with Crippen molar-refractivity contribution in [3.63, 3.8) is 0 Å². The summed E-state index contributed by atoms with van der Waals surface area (Å²) >= 11 is 0. The molecule has 1 saturated heterocycles. The number of nitrogens with zero attached hydrogens (tertiary/aromatic N) is 2.